The molecule has 0 atom stereocenters. The summed E-state index contributed by atoms with van der Waals surface area (Å²) in [5, 5.41) is 1.14. The van der Waals surface area contributed by atoms with Gasteiger partial charge in [-0.05, 0) is 19.4 Å². The maximum atomic E-state index is 11.7. The number of hydrogen-bond donors (Lipinski definition) is 0. The summed E-state index contributed by atoms with van der Waals surface area (Å²) in [7, 11) is 1.68. The van der Waals surface area contributed by atoms with E-state index < -0.39 is 0 Å². The first-order valence-electron chi connectivity index (χ1n) is 4.42. The Morgan fingerprint density at radius 2 is 2.43 bits per heavy atom. The van der Waals surface area contributed by atoms with E-state index >= 15 is 0 Å². The molecule has 0 N–H and O–H groups in total. The van der Waals surface area contributed by atoms with Crippen molar-refractivity contribution < 1.29 is 4.79 Å². The monoisotopic (exact) mass is 339 g/mol. The Labute approximate surface area is 104 Å². The summed E-state index contributed by atoms with van der Waals surface area (Å²) in [4.78, 5) is 13.0. The number of hydrogen-bond acceptors (Lipinski definition) is 4. The van der Waals surface area contributed by atoms with Gasteiger partial charge in [-0.1, -0.05) is 0 Å². The van der Waals surface area contributed by atoms with Gasteiger partial charge in [-0.25, -0.2) is 0 Å². The molecule has 0 fully saturated rings. The van der Waals surface area contributed by atoms with E-state index in [9.17, 15) is 4.79 Å². The van der Waals surface area contributed by atoms with Crippen molar-refractivity contribution in [2.45, 2.75) is 19.8 Å². The molecule has 0 saturated carbocycles. The van der Waals surface area contributed by atoms with Crippen LogP contribution in [0.25, 0.3) is 0 Å². The molecule has 1 aromatic heterocycles. The van der Waals surface area contributed by atoms with E-state index in [0.29, 0.717) is 12.2 Å². The van der Waals surface area contributed by atoms with Crippen molar-refractivity contribution in [3.8, 4) is 0 Å². The van der Waals surface area contributed by atoms with Crippen LogP contribution >= 0.6 is 41.7 Å². The summed E-state index contributed by atoms with van der Waals surface area (Å²) < 4.78 is 2.22. The number of thiophene rings is 1. The van der Waals surface area contributed by atoms with Gasteiger partial charge < -0.3 is 0 Å². The molecule has 1 aromatic rings. The molecule has 1 aliphatic rings. The highest BCUT2D eigenvalue weighted by Gasteiger charge is 2.23. The number of aryl methyl sites for hydroxylation is 1. The number of anilines is 1. The fraction of sp³-hybridized carbons (Fsp3) is 0.444. The van der Waals surface area contributed by atoms with Crippen molar-refractivity contribution >= 4 is 52.4 Å². The molecule has 0 spiro atoms. The Morgan fingerprint density at radius 3 is 3.14 bits per heavy atom. The Balaban J connectivity index is 2.46. The Kier molecular flexibility index (Phi) is 3.38. The van der Waals surface area contributed by atoms with Gasteiger partial charge in [-0.15, -0.1) is 11.3 Å². The third-order valence-corrected chi connectivity index (χ3v) is 5.36. The van der Waals surface area contributed by atoms with Gasteiger partial charge in [-0.2, -0.15) is 0 Å². The number of ketones is 1. The summed E-state index contributed by atoms with van der Waals surface area (Å²) >= 11 is 3.99. The number of fused-ring (bicyclic) bond motifs is 1. The first-order chi connectivity index (χ1) is 6.72. The third-order valence-electron chi connectivity index (χ3n) is 2.21. The molecule has 2 heterocycles. The van der Waals surface area contributed by atoms with E-state index in [1.54, 1.807) is 20.5 Å². The van der Waals surface area contributed by atoms with Crippen LogP contribution in [-0.4, -0.2) is 12.3 Å². The number of carbonyl (C=O) groups excluding carboxylic acids is 1. The van der Waals surface area contributed by atoms with E-state index in [1.807, 2.05) is 6.07 Å². The van der Waals surface area contributed by atoms with Crippen molar-refractivity contribution in [3.63, 3.8) is 0 Å². The molecule has 1 aliphatic heterocycles. The van der Waals surface area contributed by atoms with Crippen molar-refractivity contribution in [1.82, 2.24) is 0 Å². The highest BCUT2D eigenvalue weighted by Crippen LogP contribution is 2.39. The lowest BCUT2D eigenvalue weighted by molar-refractivity contribution is 0.0984. The minimum Gasteiger partial charge on any atom is -0.298 e. The molecule has 2 rings (SSSR count). The minimum atomic E-state index is 0.303. The Bertz CT molecular complexity index is 364. The lowest BCUT2D eigenvalue weighted by atomic mass is 10.1. The van der Waals surface area contributed by atoms with E-state index in [-0.39, 0.29) is 0 Å². The second kappa shape index (κ2) is 4.40. The molecule has 0 unspecified atom stereocenters. The van der Waals surface area contributed by atoms with Gasteiger partial charge in [0.15, 0.2) is 5.78 Å². The number of carbonyl (C=O) groups is 1. The molecular formula is C9H10INOS2. The minimum absolute atomic E-state index is 0.303. The zero-order chi connectivity index (χ0) is 10.1. The number of Topliss-reactive ketones (excluding diaryl/α,β-unsaturated/α-hetero) is 1. The first kappa shape index (κ1) is 10.8. The molecule has 0 saturated heterocycles. The van der Waals surface area contributed by atoms with Crippen LogP contribution in [0, 0.1) is 6.92 Å². The average Bonchev–Trinajstić information content (AvgIpc) is 2.48. The molecular weight excluding hydrogens is 329 g/mol. The van der Waals surface area contributed by atoms with Gasteiger partial charge in [0.2, 0.25) is 0 Å². The van der Waals surface area contributed by atoms with E-state index in [0.717, 1.165) is 23.5 Å². The number of rotatable bonds is 1. The molecule has 0 amide bonds. The lowest BCUT2D eigenvalue weighted by Crippen LogP contribution is -2.11. The zero-order valence-electron chi connectivity index (χ0n) is 7.75. The van der Waals surface area contributed by atoms with Gasteiger partial charge in [0.05, 0.1) is 5.56 Å². The predicted molar refractivity (Wildman–Crippen MR) is 71.6 cm³/mol. The van der Waals surface area contributed by atoms with Crippen molar-refractivity contribution in [1.29, 1.82) is 0 Å². The number of nitrogens with zero attached hydrogens (tertiary/aromatic N) is 1. The lowest BCUT2D eigenvalue weighted by Gasteiger charge is -2.16. The van der Waals surface area contributed by atoms with Gasteiger partial charge >= 0.3 is 0 Å². The highest BCUT2D eigenvalue weighted by atomic mass is 127. The fourth-order valence-electron chi connectivity index (χ4n) is 1.57. The topological polar surface area (TPSA) is 20.3 Å². The molecule has 5 heteroatoms. The van der Waals surface area contributed by atoms with Crippen LogP contribution in [0.4, 0.5) is 5.00 Å². The van der Waals surface area contributed by atoms with Crippen LogP contribution in [0.5, 0.6) is 0 Å². The highest BCUT2D eigenvalue weighted by molar-refractivity contribution is 14.2. The van der Waals surface area contributed by atoms with Gasteiger partial charge in [0.25, 0.3) is 0 Å². The fourth-order valence-corrected chi connectivity index (χ4v) is 4.70. The second-order valence-electron chi connectivity index (χ2n) is 3.27. The smallest absolute Gasteiger partial charge is 0.165 e. The van der Waals surface area contributed by atoms with Gasteiger partial charge in [-0.3, -0.25) is 9.10 Å². The second-order valence-corrected chi connectivity index (χ2v) is 6.27. The Morgan fingerprint density at radius 1 is 1.64 bits per heavy atom. The van der Waals surface area contributed by atoms with E-state index in [2.05, 4.69) is 32.4 Å². The standard InChI is InChI=1S/C9H10INOS2/c1-6-5-7-8(12)3-2-4-11(14-10)9(7)13-6/h5H,2-4H2,1H3. The zero-order valence-corrected chi connectivity index (χ0v) is 11.5. The molecule has 14 heavy (non-hydrogen) atoms. The molecule has 0 bridgehead atoms. The van der Waals surface area contributed by atoms with Crippen LogP contribution in [0.1, 0.15) is 28.1 Å². The molecule has 2 nitrogen and oxygen atoms in total. The van der Waals surface area contributed by atoms with Crippen LogP contribution in [0.2, 0.25) is 0 Å². The molecule has 76 valence electrons. The maximum absolute atomic E-state index is 11.7. The average molecular weight is 339 g/mol. The van der Waals surface area contributed by atoms with Crippen LogP contribution in [0.15, 0.2) is 6.07 Å². The van der Waals surface area contributed by atoms with Gasteiger partial charge in [0.1, 0.15) is 5.00 Å². The van der Waals surface area contributed by atoms with E-state index in [1.165, 1.54) is 4.88 Å². The summed E-state index contributed by atoms with van der Waals surface area (Å²) in [6.45, 7) is 3.04. The quantitative estimate of drug-likeness (QED) is 0.573. The molecule has 0 aliphatic carbocycles. The largest absolute Gasteiger partial charge is 0.298 e. The summed E-state index contributed by atoms with van der Waals surface area (Å²) in [5.41, 5.74) is 0.925. The third kappa shape index (κ3) is 1.94. The normalized spacial score (nSPS) is 16.7. The predicted octanol–water partition coefficient (Wildman–Crippen LogP) is 3.84. The first-order valence-corrected chi connectivity index (χ1v) is 8.55. The van der Waals surface area contributed by atoms with Crippen molar-refractivity contribution in [2.75, 3.05) is 10.8 Å². The molecule has 0 aromatic carbocycles. The summed E-state index contributed by atoms with van der Waals surface area (Å²) in [6.07, 6.45) is 1.66. The number of halogens is 1. The van der Waals surface area contributed by atoms with Crippen molar-refractivity contribution in [3.05, 3.63) is 16.5 Å². The SMILES string of the molecule is Cc1cc2c(s1)N(SI)CCCC2=O. The maximum Gasteiger partial charge on any atom is 0.165 e. The molecule has 0 radical (unpaired) electrons. The van der Waals surface area contributed by atoms with Gasteiger partial charge in [0, 0.05) is 48.2 Å². The van der Waals surface area contributed by atoms with Crippen LogP contribution in [0.3, 0.4) is 0 Å². The summed E-state index contributed by atoms with van der Waals surface area (Å²) in [5.74, 6) is 0.303. The van der Waals surface area contributed by atoms with Crippen LogP contribution in [-0.2, 0) is 0 Å². The van der Waals surface area contributed by atoms with Crippen molar-refractivity contribution in [2.24, 2.45) is 0 Å². The summed E-state index contributed by atoms with van der Waals surface area (Å²) in [6, 6.07) is 2.02. The van der Waals surface area contributed by atoms with Crippen LogP contribution < -0.4 is 4.31 Å². The van der Waals surface area contributed by atoms with E-state index in [4.69, 9.17) is 0 Å². The Hall–Kier alpha value is 0.250.